The molecule has 1 saturated heterocycles. The van der Waals surface area contributed by atoms with E-state index in [1.165, 1.54) is 19.4 Å². The lowest BCUT2D eigenvalue weighted by molar-refractivity contribution is -0.134. The highest BCUT2D eigenvalue weighted by atomic mass is 16.5. The summed E-state index contributed by atoms with van der Waals surface area (Å²) >= 11 is 0. The maximum atomic E-state index is 12.4. The summed E-state index contributed by atoms with van der Waals surface area (Å²) < 4.78 is 11.9. The summed E-state index contributed by atoms with van der Waals surface area (Å²) in [5.41, 5.74) is -0.297. The van der Waals surface area contributed by atoms with Crippen LogP contribution in [-0.2, 0) is 11.3 Å². The van der Waals surface area contributed by atoms with Gasteiger partial charge < -0.3 is 14.4 Å². The van der Waals surface area contributed by atoms with Gasteiger partial charge >= 0.3 is 0 Å². The van der Waals surface area contributed by atoms with Crippen LogP contribution in [0.1, 0.15) is 12.8 Å². The van der Waals surface area contributed by atoms with Crippen molar-refractivity contribution >= 4 is 5.91 Å². The minimum absolute atomic E-state index is 0.0747. The monoisotopic (exact) mass is 345 g/mol. The van der Waals surface area contributed by atoms with E-state index in [4.69, 9.17) is 9.47 Å². The molecule has 2 aromatic heterocycles. The minimum atomic E-state index is -0.297. The average Bonchev–Trinajstić information content (AvgIpc) is 2.64. The molecule has 1 unspecified atom stereocenters. The lowest BCUT2D eigenvalue weighted by Crippen LogP contribution is -2.46. The summed E-state index contributed by atoms with van der Waals surface area (Å²) in [5, 5.41) is 11.7. The standard InChI is InChI=1S/C16H19N5O4/c1-24-13-6-7-14(19-18-13)25-12-4-3-9-20(10-12)16(23)11-21-15(22)5-2-8-17-21/h2,5-8,12H,3-4,9-11H2,1H3. The van der Waals surface area contributed by atoms with Crippen LogP contribution in [0.4, 0.5) is 0 Å². The van der Waals surface area contributed by atoms with Crippen molar-refractivity contribution in [2.24, 2.45) is 0 Å². The number of likely N-dealkylation sites (tertiary alicyclic amines) is 1. The molecule has 1 aliphatic heterocycles. The van der Waals surface area contributed by atoms with E-state index in [9.17, 15) is 9.59 Å². The van der Waals surface area contributed by atoms with Crippen molar-refractivity contribution in [3.8, 4) is 11.8 Å². The van der Waals surface area contributed by atoms with E-state index in [0.717, 1.165) is 17.5 Å². The summed E-state index contributed by atoms with van der Waals surface area (Å²) in [5.74, 6) is 0.643. The van der Waals surface area contributed by atoms with Crippen LogP contribution in [0.3, 0.4) is 0 Å². The number of aromatic nitrogens is 4. The molecule has 9 nitrogen and oxygen atoms in total. The molecule has 1 amide bonds. The fraction of sp³-hybridized carbons (Fsp3) is 0.438. The number of carbonyl (C=O) groups excluding carboxylic acids is 1. The topological polar surface area (TPSA) is 99.4 Å². The van der Waals surface area contributed by atoms with E-state index in [0.29, 0.717) is 24.8 Å². The molecule has 25 heavy (non-hydrogen) atoms. The van der Waals surface area contributed by atoms with E-state index in [-0.39, 0.29) is 24.1 Å². The van der Waals surface area contributed by atoms with Gasteiger partial charge in [-0.2, -0.15) is 5.10 Å². The Morgan fingerprint density at radius 1 is 1.28 bits per heavy atom. The first-order valence-electron chi connectivity index (χ1n) is 8.00. The molecule has 0 bridgehead atoms. The predicted molar refractivity (Wildman–Crippen MR) is 87.3 cm³/mol. The molecular formula is C16H19N5O4. The summed E-state index contributed by atoms with van der Waals surface area (Å²) in [6.07, 6.45) is 2.96. The SMILES string of the molecule is COc1ccc(OC2CCCN(C(=O)Cn3ncccc3=O)C2)nn1. The first-order valence-corrected chi connectivity index (χ1v) is 8.00. The van der Waals surface area contributed by atoms with Crippen molar-refractivity contribution in [1.82, 2.24) is 24.9 Å². The number of nitrogens with zero attached hydrogens (tertiary/aromatic N) is 5. The van der Waals surface area contributed by atoms with Gasteiger partial charge in [-0.15, -0.1) is 10.2 Å². The zero-order valence-electron chi connectivity index (χ0n) is 13.9. The van der Waals surface area contributed by atoms with Crippen LogP contribution in [0.15, 0.2) is 35.3 Å². The number of amides is 1. The zero-order valence-corrected chi connectivity index (χ0v) is 13.9. The molecule has 9 heteroatoms. The van der Waals surface area contributed by atoms with Gasteiger partial charge in [0.05, 0.1) is 13.7 Å². The molecule has 0 saturated carbocycles. The maximum absolute atomic E-state index is 12.4. The van der Waals surface area contributed by atoms with E-state index in [2.05, 4.69) is 15.3 Å². The Morgan fingerprint density at radius 3 is 2.80 bits per heavy atom. The lowest BCUT2D eigenvalue weighted by atomic mass is 10.1. The molecule has 3 heterocycles. The van der Waals surface area contributed by atoms with E-state index < -0.39 is 0 Å². The van der Waals surface area contributed by atoms with E-state index in [1.54, 1.807) is 23.1 Å². The van der Waals surface area contributed by atoms with Crippen LogP contribution < -0.4 is 15.0 Å². The molecule has 0 spiro atoms. The fourth-order valence-electron chi connectivity index (χ4n) is 2.65. The van der Waals surface area contributed by atoms with Gasteiger partial charge in [0.15, 0.2) is 0 Å². The minimum Gasteiger partial charge on any atom is -0.480 e. The number of methoxy groups -OCH3 is 1. The highest BCUT2D eigenvalue weighted by Crippen LogP contribution is 2.17. The maximum Gasteiger partial charge on any atom is 0.267 e. The molecule has 1 atom stereocenters. The first kappa shape index (κ1) is 16.9. The zero-order chi connectivity index (χ0) is 17.6. The quantitative estimate of drug-likeness (QED) is 0.758. The van der Waals surface area contributed by atoms with Crippen LogP contribution in [-0.4, -0.2) is 57.1 Å². The third-order valence-electron chi connectivity index (χ3n) is 3.91. The summed E-state index contributed by atoms with van der Waals surface area (Å²) in [6.45, 7) is 0.997. The van der Waals surface area contributed by atoms with Crippen molar-refractivity contribution in [2.75, 3.05) is 20.2 Å². The summed E-state index contributed by atoms with van der Waals surface area (Å²) in [4.78, 5) is 25.8. The van der Waals surface area contributed by atoms with Crippen LogP contribution >= 0.6 is 0 Å². The first-order chi connectivity index (χ1) is 12.2. The Hall–Kier alpha value is -2.97. The summed E-state index contributed by atoms with van der Waals surface area (Å²) in [6, 6.07) is 6.27. The average molecular weight is 345 g/mol. The molecule has 3 rings (SSSR count). The predicted octanol–water partition coefficient (Wildman–Crippen LogP) is 0.112. The van der Waals surface area contributed by atoms with Crippen molar-refractivity contribution in [2.45, 2.75) is 25.5 Å². The Labute approximate surface area is 144 Å². The van der Waals surface area contributed by atoms with Crippen LogP contribution in [0.25, 0.3) is 0 Å². The Morgan fingerprint density at radius 2 is 2.08 bits per heavy atom. The molecule has 1 fully saturated rings. The van der Waals surface area contributed by atoms with Gasteiger partial charge in [-0.05, 0) is 18.9 Å². The highest BCUT2D eigenvalue weighted by molar-refractivity contribution is 5.76. The Balaban J connectivity index is 1.59. The van der Waals surface area contributed by atoms with Gasteiger partial charge in [0.25, 0.3) is 5.56 Å². The number of piperidine rings is 1. The molecular weight excluding hydrogens is 326 g/mol. The molecule has 132 valence electrons. The lowest BCUT2D eigenvalue weighted by Gasteiger charge is -2.32. The Kier molecular flexibility index (Phi) is 5.22. The number of hydrogen-bond donors (Lipinski definition) is 0. The van der Waals surface area contributed by atoms with E-state index >= 15 is 0 Å². The smallest absolute Gasteiger partial charge is 0.267 e. The van der Waals surface area contributed by atoms with Gasteiger partial charge in [-0.1, -0.05) is 0 Å². The van der Waals surface area contributed by atoms with Gasteiger partial charge in [-0.3, -0.25) is 9.59 Å². The summed E-state index contributed by atoms with van der Waals surface area (Å²) in [7, 11) is 1.52. The van der Waals surface area contributed by atoms with Crippen molar-refractivity contribution in [3.05, 3.63) is 40.8 Å². The van der Waals surface area contributed by atoms with Crippen LogP contribution in [0.5, 0.6) is 11.8 Å². The number of hydrogen-bond acceptors (Lipinski definition) is 7. The van der Waals surface area contributed by atoms with Crippen molar-refractivity contribution < 1.29 is 14.3 Å². The molecule has 1 aliphatic rings. The largest absolute Gasteiger partial charge is 0.480 e. The fourth-order valence-corrected chi connectivity index (χ4v) is 2.65. The Bertz CT molecular complexity index is 777. The molecule has 0 aliphatic carbocycles. The third-order valence-corrected chi connectivity index (χ3v) is 3.91. The van der Waals surface area contributed by atoms with E-state index in [1.807, 2.05) is 0 Å². The molecule has 2 aromatic rings. The second-order valence-electron chi connectivity index (χ2n) is 5.66. The third kappa shape index (κ3) is 4.31. The van der Waals surface area contributed by atoms with Gasteiger partial charge in [-0.25, -0.2) is 4.68 Å². The van der Waals surface area contributed by atoms with Crippen LogP contribution in [0.2, 0.25) is 0 Å². The van der Waals surface area contributed by atoms with Crippen LogP contribution in [0, 0.1) is 0 Å². The second kappa shape index (κ2) is 7.73. The molecule has 0 radical (unpaired) electrons. The van der Waals surface area contributed by atoms with Gasteiger partial charge in [0, 0.05) is 30.9 Å². The van der Waals surface area contributed by atoms with Crippen molar-refractivity contribution in [1.29, 1.82) is 0 Å². The normalized spacial score (nSPS) is 17.2. The number of carbonyl (C=O) groups is 1. The molecule has 0 N–H and O–H groups in total. The number of ether oxygens (including phenoxy) is 2. The number of rotatable bonds is 5. The highest BCUT2D eigenvalue weighted by Gasteiger charge is 2.25. The van der Waals surface area contributed by atoms with Crippen molar-refractivity contribution in [3.63, 3.8) is 0 Å². The van der Waals surface area contributed by atoms with Gasteiger partial charge in [0.1, 0.15) is 12.6 Å². The van der Waals surface area contributed by atoms with Gasteiger partial charge in [0.2, 0.25) is 17.7 Å². The second-order valence-corrected chi connectivity index (χ2v) is 5.66. The molecule has 0 aromatic carbocycles.